The number of nitrogens with zero attached hydrogens (tertiary/aromatic N) is 1. The van der Waals surface area contributed by atoms with Gasteiger partial charge in [-0.05, 0) is 34.4 Å². The van der Waals surface area contributed by atoms with E-state index >= 15 is 0 Å². The second kappa shape index (κ2) is 9.84. The first-order valence-electron chi connectivity index (χ1n) is 9.91. The number of aromatic nitrogens is 1. The third kappa shape index (κ3) is 5.33. The van der Waals surface area contributed by atoms with E-state index in [1.807, 2.05) is 42.5 Å². The molecule has 0 fully saturated rings. The van der Waals surface area contributed by atoms with Crippen LogP contribution in [0.1, 0.15) is 24.5 Å². The van der Waals surface area contributed by atoms with Crippen molar-refractivity contribution in [2.24, 2.45) is 0 Å². The predicted molar refractivity (Wildman–Crippen MR) is 116 cm³/mol. The number of aliphatic hydroxyl groups is 1. The summed E-state index contributed by atoms with van der Waals surface area (Å²) in [6.45, 7) is 1.96. The van der Waals surface area contributed by atoms with Crippen LogP contribution in [0.5, 0.6) is 0 Å². The molecule has 3 aromatic rings. The maximum atomic E-state index is 12.9. The number of fused-ring (bicyclic) bond motifs is 1. The molecule has 2 atom stereocenters. The number of nitrogens with two attached hydrogens (primary N) is 1. The van der Waals surface area contributed by atoms with E-state index in [-0.39, 0.29) is 18.9 Å². The summed E-state index contributed by atoms with van der Waals surface area (Å²) >= 11 is 0. The van der Waals surface area contributed by atoms with E-state index < -0.39 is 18.1 Å². The molecular formula is C23H26N4O3. The second-order valence-electron chi connectivity index (χ2n) is 7.14. The number of nitrogens with one attached hydrogen (secondary N) is 2. The van der Waals surface area contributed by atoms with Gasteiger partial charge in [0.1, 0.15) is 18.0 Å². The van der Waals surface area contributed by atoms with Gasteiger partial charge in [0.15, 0.2) is 0 Å². The van der Waals surface area contributed by atoms with Crippen molar-refractivity contribution < 1.29 is 14.7 Å². The van der Waals surface area contributed by atoms with Crippen LogP contribution >= 0.6 is 0 Å². The number of hydrogen-bond donors (Lipinski definition) is 4. The van der Waals surface area contributed by atoms with Gasteiger partial charge in [-0.2, -0.15) is 0 Å². The summed E-state index contributed by atoms with van der Waals surface area (Å²) in [5, 5.41) is 17.5. The fourth-order valence-corrected chi connectivity index (χ4v) is 3.21. The second-order valence-corrected chi connectivity index (χ2v) is 7.14. The molecule has 0 aliphatic heterocycles. The number of carbonyl (C=O) groups is 2. The number of rotatable bonds is 8. The third-order valence-electron chi connectivity index (χ3n) is 4.94. The molecule has 1 aromatic heterocycles. The minimum atomic E-state index is -1.16. The molecule has 30 heavy (non-hydrogen) atoms. The number of nitrogen functional groups attached to an aromatic ring is 1. The smallest absolute Gasteiger partial charge is 0.249 e. The van der Waals surface area contributed by atoms with E-state index in [1.165, 1.54) is 0 Å². The topological polar surface area (TPSA) is 117 Å². The van der Waals surface area contributed by atoms with Crippen LogP contribution in [0.2, 0.25) is 0 Å². The SMILES string of the molecule is CC[C@@H](O)C(=O)N[C@@H](Cc1cccc2ccccc12)C(=O)NCc1ccc(N)nc1. The van der Waals surface area contributed by atoms with Crippen LogP contribution in [0.4, 0.5) is 5.82 Å². The highest BCUT2D eigenvalue weighted by atomic mass is 16.3. The fourth-order valence-electron chi connectivity index (χ4n) is 3.21. The van der Waals surface area contributed by atoms with Gasteiger partial charge in [0.05, 0.1) is 0 Å². The average molecular weight is 406 g/mol. The van der Waals surface area contributed by atoms with E-state index in [9.17, 15) is 14.7 Å². The van der Waals surface area contributed by atoms with Crippen LogP contribution in [0.15, 0.2) is 60.8 Å². The summed E-state index contributed by atoms with van der Waals surface area (Å²) < 4.78 is 0. The Morgan fingerprint density at radius 1 is 1.07 bits per heavy atom. The fraction of sp³-hybridized carbons (Fsp3) is 0.261. The van der Waals surface area contributed by atoms with Gasteiger partial charge in [0.2, 0.25) is 11.8 Å². The first-order chi connectivity index (χ1) is 14.5. The molecule has 0 saturated carbocycles. The van der Waals surface area contributed by atoms with Crippen LogP contribution in [0, 0.1) is 0 Å². The molecule has 0 aliphatic carbocycles. The standard InChI is InChI=1S/C23H26N4O3/c1-2-20(28)23(30)27-19(22(29)26-14-15-10-11-21(24)25-13-15)12-17-8-5-7-16-6-3-4-9-18(16)17/h3-11,13,19-20,28H,2,12,14H2,1H3,(H2,24,25)(H,26,29)(H,27,30)/t19-,20+/m0/s1. The minimum Gasteiger partial charge on any atom is -0.384 e. The van der Waals surface area contributed by atoms with Gasteiger partial charge in [0, 0.05) is 19.2 Å². The van der Waals surface area contributed by atoms with E-state index in [0.29, 0.717) is 12.2 Å². The zero-order valence-corrected chi connectivity index (χ0v) is 16.8. The third-order valence-corrected chi connectivity index (χ3v) is 4.94. The summed E-state index contributed by atoms with van der Waals surface area (Å²) in [6, 6.07) is 16.4. The lowest BCUT2D eigenvalue weighted by molar-refractivity contribution is -0.134. The lowest BCUT2D eigenvalue weighted by atomic mass is 9.98. The first kappa shape index (κ1) is 21.3. The molecule has 0 bridgehead atoms. The zero-order valence-electron chi connectivity index (χ0n) is 16.8. The molecule has 0 radical (unpaired) electrons. The van der Waals surface area contributed by atoms with E-state index in [1.54, 1.807) is 25.3 Å². The maximum absolute atomic E-state index is 12.9. The average Bonchev–Trinajstić information content (AvgIpc) is 2.77. The first-order valence-corrected chi connectivity index (χ1v) is 9.91. The number of pyridine rings is 1. The van der Waals surface area contributed by atoms with E-state index in [4.69, 9.17) is 5.73 Å². The van der Waals surface area contributed by atoms with Crippen LogP contribution in [0.25, 0.3) is 10.8 Å². The van der Waals surface area contributed by atoms with Gasteiger partial charge in [-0.1, -0.05) is 55.5 Å². The van der Waals surface area contributed by atoms with Crippen molar-refractivity contribution in [3.63, 3.8) is 0 Å². The van der Waals surface area contributed by atoms with Crippen molar-refractivity contribution in [3.05, 3.63) is 71.9 Å². The summed E-state index contributed by atoms with van der Waals surface area (Å²) in [4.78, 5) is 29.2. The minimum absolute atomic E-state index is 0.254. The Morgan fingerprint density at radius 2 is 1.83 bits per heavy atom. The zero-order chi connectivity index (χ0) is 21.5. The summed E-state index contributed by atoms with van der Waals surface area (Å²) in [7, 11) is 0. The number of hydrogen-bond acceptors (Lipinski definition) is 5. The Hall–Kier alpha value is -3.45. The van der Waals surface area contributed by atoms with Crippen molar-refractivity contribution in [3.8, 4) is 0 Å². The predicted octanol–water partition coefficient (Wildman–Crippen LogP) is 1.93. The number of amides is 2. The molecule has 2 amide bonds. The molecule has 5 N–H and O–H groups in total. The maximum Gasteiger partial charge on any atom is 0.249 e. The van der Waals surface area contributed by atoms with Crippen molar-refractivity contribution >= 4 is 28.4 Å². The highest BCUT2D eigenvalue weighted by Gasteiger charge is 2.24. The Kier molecular flexibility index (Phi) is 6.98. The monoisotopic (exact) mass is 406 g/mol. The normalized spacial score (nSPS) is 12.9. The Morgan fingerprint density at radius 3 is 2.57 bits per heavy atom. The molecule has 0 aliphatic rings. The molecule has 156 valence electrons. The molecular weight excluding hydrogens is 380 g/mol. The van der Waals surface area contributed by atoms with Crippen LogP contribution in [0.3, 0.4) is 0 Å². The summed E-state index contributed by atoms with van der Waals surface area (Å²) in [6.07, 6.45) is 1.00. The molecule has 2 aromatic carbocycles. The van der Waals surface area contributed by atoms with E-state index in [0.717, 1.165) is 21.9 Å². The van der Waals surface area contributed by atoms with Crippen molar-refractivity contribution in [2.75, 3.05) is 5.73 Å². The summed E-state index contributed by atoms with van der Waals surface area (Å²) in [5.41, 5.74) is 7.32. The lowest BCUT2D eigenvalue weighted by Crippen LogP contribution is -2.50. The van der Waals surface area contributed by atoms with Gasteiger partial charge in [0.25, 0.3) is 0 Å². The molecule has 3 rings (SSSR count). The van der Waals surface area contributed by atoms with Crippen LogP contribution < -0.4 is 16.4 Å². The highest BCUT2D eigenvalue weighted by Crippen LogP contribution is 2.20. The van der Waals surface area contributed by atoms with Crippen LogP contribution in [-0.2, 0) is 22.6 Å². The number of aliphatic hydroxyl groups excluding tert-OH is 1. The molecule has 1 heterocycles. The number of benzene rings is 2. The van der Waals surface area contributed by atoms with Gasteiger partial charge in [-0.15, -0.1) is 0 Å². The summed E-state index contributed by atoms with van der Waals surface area (Å²) in [5.74, 6) is -0.497. The van der Waals surface area contributed by atoms with Crippen molar-refractivity contribution in [2.45, 2.75) is 38.5 Å². The Balaban J connectivity index is 1.79. The van der Waals surface area contributed by atoms with Gasteiger partial charge in [-0.25, -0.2) is 4.98 Å². The molecule has 0 spiro atoms. The van der Waals surface area contributed by atoms with Crippen LogP contribution in [-0.4, -0.2) is 34.1 Å². The largest absolute Gasteiger partial charge is 0.384 e. The van der Waals surface area contributed by atoms with Gasteiger partial charge in [-0.3, -0.25) is 9.59 Å². The molecule has 0 saturated heterocycles. The van der Waals surface area contributed by atoms with Gasteiger partial charge < -0.3 is 21.5 Å². The molecule has 0 unspecified atom stereocenters. The van der Waals surface area contributed by atoms with Crippen molar-refractivity contribution in [1.29, 1.82) is 0 Å². The van der Waals surface area contributed by atoms with Gasteiger partial charge >= 0.3 is 0 Å². The Bertz CT molecular complexity index is 1020. The van der Waals surface area contributed by atoms with E-state index in [2.05, 4.69) is 15.6 Å². The van der Waals surface area contributed by atoms with Crippen molar-refractivity contribution in [1.82, 2.24) is 15.6 Å². The molecule has 7 nitrogen and oxygen atoms in total. The number of anilines is 1. The Labute approximate surface area is 175 Å². The molecule has 7 heteroatoms. The number of carbonyl (C=O) groups excluding carboxylic acids is 2. The highest BCUT2D eigenvalue weighted by molar-refractivity contribution is 5.91. The lowest BCUT2D eigenvalue weighted by Gasteiger charge is -2.21. The quantitative estimate of drug-likeness (QED) is 0.456.